The van der Waals surface area contributed by atoms with Crippen LogP contribution in [0.4, 0.5) is 0 Å². The molecule has 0 saturated carbocycles. The van der Waals surface area contributed by atoms with Crippen LogP contribution >= 0.6 is 0 Å². The Morgan fingerprint density at radius 3 is 2.62 bits per heavy atom. The zero-order valence-corrected chi connectivity index (χ0v) is 15.2. The number of piperidine rings is 1. The third kappa shape index (κ3) is 2.77. The van der Waals surface area contributed by atoms with Crippen LogP contribution in [0.1, 0.15) is 44.9 Å². The van der Waals surface area contributed by atoms with Gasteiger partial charge in [-0.15, -0.1) is 5.10 Å². The van der Waals surface area contributed by atoms with Crippen LogP contribution in [0.5, 0.6) is 0 Å². The van der Waals surface area contributed by atoms with E-state index in [1.165, 1.54) is 4.68 Å². The molecule has 7 heteroatoms. The highest BCUT2D eigenvalue weighted by Gasteiger charge is 2.21. The van der Waals surface area contributed by atoms with E-state index in [4.69, 9.17) is 0 Å². The number of hydrogen-bond acceptors (Lipinski definition) is 4. The summed E-state index contributed by atoms with van der Waals surface area (Å²) in [5.74, 6) is 0.689. The predicted octanol–water partition coefficient (Wildman–Crippen LogP) is 2.18. The van der Waals surface area contributed by atoms with Crippen LogP contribution in [0.2, 0.25) is 0 Å². The number of aromatic nitrogens is 4. The number of carbonyl (C=O) groups excluding carboxylic acids is 1. The molecule has 2 aromatic heterocycles. The van der Waals surface area contributed by atoms with E-state index in [0.717, 1.165) is 43.3 Å². The first kappa shape index (κ1) is 16.8. The summed E-state index contributed by atoms with van der Waals surface area (Å²) in [5, 5.41) is 5.32. The Balaban J connectivity index is 1.83. The molecule has 0 spiro atoms. The zero-order chi connectivity index (χ0) is 18.3. The van der Waals surface area contributed by atoms with E-state index in [0.29, 0.717) is 11.5 Å². The monoisotopic (exact) mass is 353 g/mol. The van der Waals surface area contributed by atoms with Gasteiger partial charge in [0.1, 0.15) is 12.4 Å². The predicted molar refractivity (Wildman–Crippen MR) is 99.3 cm³/mol. The number of nitrogens with zero attached hydrogens (tertiary/aromatic N) is 5. The Bertz CT molecular complexity index is 1030. The number of hydrogen-bond donors (Lipinski definition) is 0. The zero-order valence-electron chi connectivity index (χ0n) is 15.2. The van der Waals surface area contributed by atoms with E-state index in [2.05, 4.69) is 10.1 Å². The third-order valence-electron chi connectivity index (χ3n) is 4.96. The minimum Gasteiger partial charge on any atom is -0.341 e. The second kappa shape index (κ2) is 6.55. The minimum atomic E-state index is -0.299. The highest BCUT2D eigenvalue weighted by Crippen LogP contribution is 2.21. The van der Waals surface area contributed by atoms with Crippen molar-refractivity contribution in [3.05, 3.63) is 40.6 Å². The van der Waals surface area contributed by atoms with Crippen LogP contribution < -0.4 is 5.69 Å². The topological polar surface area (TPSA) is 72.5 Å². The van der Waals surface area contributed by atoms with Gasteiger partial charge in [-0.3, -0.25) is 4.79 Å². The SMILES string of the molecule is CC(C)c1nc2ccccc2c2nn(CC(=O)N3CCCCC3)c(=O)n12. The van der Waals surface area contributed by atoms with Gasteiger partial charge in [0.15, 0.2) is 5.65 Å². The Morgan fingerprint density at radius 2 is 1.88 bits per heavy atom. The molecule has 4 rings (SSSR count). The van der Waals surface area contributed by atoms with E-state index in [1.807, 2.05) is 43.0 Å². The van der Waals surface area contributed by atoms with Crippen molar-refractivity contribution < 1.29 is 4.79 Å². The molecule has 136 valence electrons. The maximum absolute atomic E-state index is 13.0. The summed E-state index contributed by atoms with van der Waals surface area (Å²) >= 11 is 0. The smallest absolute Gasteiger partial charge is 0.341 e. The molecule has 0 N–H and O–H groups in total. The van der Waals surface area contributed by atoms with Gasteiger partial charge in [-0.25, -0.2) is 18.9 Å². The van der Waals surface area contributed by atoms with Crippen LogP contribution in [0, 0.1) is 0 Å². The Hall–Kier alpha value is -2.70. The normalized spacial score (nSPS) is 15.3. The van der Waals surface area contributed by atoms with E-state index < -0.39 is 0 Å². The van der Waals surface area contributed by atoms with Crippen molar-refractivity contribution in [2.75, 3.05) is 13.1 Å². The van der Waals surface area contributed by atoms with Gasteiger partial charge < -0.3 is 4.90 Å². The number of para-hydroxylation sites is 1. The number of likely N-dealkylation sites (tertiary alicyclic amines) is 1. The highest BCUT2D eigenvalue weighted by atomic mass is 16.2. The molecule has 3 heterocycles. The van der Waals surface area contributed by atoms with Crippen molar-refractivity contribution in [1.82, 2.24) is 24.1 Å². The summed E-state index contributed by atoms with van der Waals surface area (Å²) in [6, 6.07) is 7.65. The lowest BCUT2D eigenvalue weighted by atomic mass is 10.1. The summed E-state index contributed by atoms with van der Waals surface area (Å²) in [4.78, 5) is 32.0. The molecule has 0 bridgehead atoms. The summed E-state index contributed by atoms with van der Waals surface area (Å²) in [5.41, 5.74) is 1.08. The van der Waals surface area contributed by atoms with Gasteiger partial charge in [-0.1, -0.05) is 26.0 Å². The maximum atomic E-state index is 13.0. The molecule has 3 aromatic rings. The van der Waals surface area contributed by atoms with Crippen LogP contribution in [0.15, 0.2) is 29.1 Å². The summed E-state index contributed by atoms with van der Waals surface area (Å²) in [6.07, 6.45) is 3.21. The van der Waals surface area contributed by atoms with Crippen molar-refractivity contribution in [2.45, 2.75) is 45.6 Å². The first-order chi connectivity index (χ1) is 12.6. The molecule has 1 aromatic carbocycles. The summed E-state index contributed by atoms with van der Waals surface area (Å²) < 4.78 is 2.84. The standard InChI is InChI=1S/C19H23N5O2/c1-13(2)17-20-15-9-5-4-8-14(15)18-21-23(19(26)24(17)18)12-16(25)22-10-6-3-7-11-22/h4-5,8-9,13H,3,6-7,10-12H2,1-2H3. The molecular weight excluding hydrogens is 330 g/mol. The molecule has 7 nitrogen and oxygen atoms in total. The van der Waals surface area contributed by atoms with Gasteiger partial charge in [0.05, 0.1) is 5.52 Å². The molecule has 1 aliphatic rings. The molecule has 0 radical (unpaired) electrons. The molecule has 0 unspecified atom stereocenters. The maximum Gasteiger partial charge on any atom is 0.352 e. The molecule has 1 saturated heterocycles. The van der Waals surface area contributed by atoms with Gasteiger partial charge in [0, 0.05) is 24.4 Å². The molecule has 1 amide bonds. The average molecular weight is 353 g/mol. The lowest BCUT2D eigenvalue weighted by Gasteiger charge is -2.26. The quantitative estimate of drug-likeness (QED) is 0.723. The van der Waals surface area contributed by atoms with Crippen LogP contribution in [-0.2, 0) is 11.3 Å². The van der Waals surface area contributed by atoms with E-state index in [-0.39, 0.29) is 24.1 Å². The molecule has 1 fully saturated rings. The fourth-order valence-corrected chi connectivity index (χ4v) is 3.58. The van der Waals surface area contributed by atoms with Crippen molar-refractivity contribution >= 4 is 22.5 Å². The molecule has 26 heavy (non-hydrogen) atoms. The number of carbonyl (C=O) groups is 1. The minimum absolute atomic E-state index is 0.0215. The largest absolute Gasteiger partial charge is 0.352 e. The van der Waals surface area contributed by atoms with Crippen molar-refractivity contribution in [3.8, 4) is 0 Å². The number of rotatable bonds is 3. The number of fused-ring (bicyclic) bond motifs is 3. The van der Waals surface area contributed by atoms with Gasteiger partial charge in [-0.05, 0) is 31.4 Å². The van der Waals surface area contributed by atoms with Crippen molar-refractivity contribution in [3.63, 3.8) is 0 Å². The van der Waals surface area contributed by atoms with Crippen molar-refractivity contribution in [2.24, 2.45) is 0 Å². The Kier molecular flexibility index (Phi) is 4.22. The average Bonchev–Trinajstić information content (AvgIpc) is 2.98. The summed E-state index contributed by atoms with van der Waals surface area (Å²) in [7, 11) is 0. The van der Waals surface area contributed by atoms with Gasteiger partial charge in [0.2, 0.25) is 5.91 Å². The Labute approximate surface area is 151 Å². The van der Waals surface area contributed by atoms with Gasteiger partial charge in [-0.2, -0.15) is 0 Å². The fraction of sp³-hybridized carbons (Fsp3) is 0.474. The molecule has 1 aliphatic heterocycles. The lowest BCUT2D eigenvalue weighted by molar-refractivity contribution is -0.133. The van der Waals surface area contributed by atoms with Crippen LogP contribution in [0.25, 0.3) is 16.6 Å². The second-order valence-electron chi connectivity index (χ2n) is 7.18. The van der Waals surface area contributed by atoms with E-state index in [1.54, 1.807) is 4.40 Å². The van der Waals surface area contributed by atoms with E-state index in [9.17, 15) is 9.59 Å². The molecule has 0 atom stereocenters. The second-order valence-corrected chi connectivity index (χ2v) is 7.18. The molecular formula is C19H23N5O2. The van der Waals surface area contributed by atoms with Gasteiger partial charge in [0.25, 0.3) is 0 Å². The lowest BCUT2D eigenvalue weighted by Crippen LogP contribution is -2.39. The first-order valence-electron chi connectivity index (χ1n) is 9.22. The number of amides is 1. The number of benzene rings is 1. The first-order valence-corrected chi connectivity index (χ1v) is 9.22. The van der Waals surface area contributed by atoms with E-state index >= 15 is 0 Å². The Morgan fingerprint density at radius 1 is 1.15 bits per heavy atom. The highest BCUT2D eigenvalue weighted by molar-refractivity contribution is 5.91. The summed E-state index contributed by atoms with van der Waals surface area (Å²) in [6.45, 7) is 5.51. The third-order valence-corrected chi connectivity index (χ3v) is 4.96. The van der Waals surface area contributed by atoms with Crippen LogP contribution in [-0.4, -0.2) is 43.1 Å². The van der Waals surface area contributed by atoms with Crippen molar-refractivity contribution in [1.29, 1.82) is 0 Å². The van der Waals surface area contributed by atoms with Gasteiger partial charge >= 0.3 is 5.69 Å². The van der Waals surface area contributed by atoms with Crippen LogP contribution in [0.3, 0.4) is 0 Å². The molecule has 0 aliphatic carbocycles. The fourth-order valence-electron chi connectivity index (χ4n) is 3.58.